The average Bonchev–Trinajstić information content (AvgIpc) is 3.25. The molecule has 4 aromatic rings. The van der Waals surface area contributed by atoms with Gasteiger partial charge >= 0.3 is 5.97 Å². The molecule has 0 bridgehead atoms. The molecule has 10 nitrogen and oxygen atoms in total. The molecule has 4 rings (SSSR count). The maximum absolute atomic E-state index is 13.4. The summed E-state index contributed by atoms with van der Waals surface area (Å²) >= 11 is 0. The number of carbonyl (C=O) groups is 3. The number of nitrogens with one attached hydrogen (secondary N) is 2. The van der Waals surface area contributed by atoms with Crippen LogP contribution in [0.4, 0.5) is 5.69 Å². The summed E-state index contributed by atoms with van der Waals surface area (Å²) in [6.07, 6.45) is 0.570. The topological polar surface area (TPSA) is 143 Å². The first-order chi connectivity index (χ1) is 18.7. The quantitative estimate of drug-likeness (QED) is 0.174. The number of hydrogen-bond acceptors (Lipinski definition) is 6. The monoisotopic (exact) mass is 526 g/mol. The number of para-hydroxylation sites is 1. The van der Waals surface area contributed by atoms with E-state index in [9.17, 15) is 14.4 Å². The minimum absolute atomic E-state index is 0.0198. The number of amidine groups is 1. The van der Waals surface area contributed by atoms with E-state index in [1.54, 1.807) is 50.4 Å². The number of imidazole rings is 1. The minimum Gasteiger partial charge on any atom is -0.465 e. The lowest BCUT2D eigenvalue weighted by Gasteiger charge is -2.20. The van der Waals surface area contributed by atoms with Crippen LogP contribution in [0.2, 0.25) is 0 Å². The Labute approximate surface area is 225 Å². The number of amides is 2. The van der Waals surface area contributed by atoms with Crippen LogP contribution in [0.3, 0.4) is 0 Å². The molecule has 1 heterocycles. The summed E-state index contributed by atoms with van der Waals surface area (Å²) in [4.78, 5) is 44.0. The molecule has 4 N–H and O–H groups in total. The first-order valence-electron chi connectivity index (χ1n) is 12.4. The molecule has 0 aliphatic rings. The highest BCUT2D eigenvalue weighted by Gasteiger charge is 2.21. The highest BCUT2D eigenvalue weighted by Crippen LogP contribution is 2.24. The summed E-state index contributed by atoms with van der Waals surface area (Å²) in [7, 11) is 3.52. The maximum atomic E-state index is 13.4. The van der Waals surface area contributed by atoms with Gasteiger partial charge in [0.2, 0.25) is 0 Å². The third-order valence-electron chi connectivity index (χ3n) is 6.36. The van der Waals surface area contributed by atoms with Crippen molar-refractivity contribution in [3.8, 4) is 0 Å². The number of nitrogens with two attached hydrogens (primary N) is 1. The smallest absolute Gasteiger partial charge is 0.325 e. The lowest BCUT2D eigenvalue weighted by atomic mass is 10.1. The summed E-state index contributed by atoms with van der Waals surface area (Å²) in [6.45, 7) is 1.64. The number of hydrogen-bond donors (Lipinski definition) is 3. The van der Waals surface area contributed by atoms with Crippen LogP contribution in [0.5, 0.6) is 0 Å². The molecular weight excluding hydrogens is 496 g/mol. The number of nitrogen functional groups attached to an aromatic ring is 1. The van der Waals surface area contributed by atoms with Gasteiger partial charge in [0.05, 0.1) is 28.9 Å². The van der Waals surface area contributed by atoms with Crippen molar-refractivity contribution in [3.63, 3.8) is 0 Å². The molecule has 0 saturated heterocycles. The molecular formula is C29H30N6O4. The Morgan fingerprint density at radius 3 is 2.44 bits per heavy atom. The molecule has 0 atom stereocenters. The van der Waals surface area contributed by atoms with Crippen molar-refractivity contribution in [2.75, 3.05) is 25.1 Å². The third kappa shape index (κ3) is 5.96. The molecule has 2 amide bonds. The third-order valence-corrected chi connectivity index (χ3v) is 6.36. The van der Waals surface area contributed by atoms with Gasteiger partial charge in [0.25, 0.3) is 11.8 Å². The summed E-state index contributed by atoms with van der Waals surface area (Å²) < 4.78 is 6.84. The number of esters is 1. The van der Waals surface area contributed by atoms with Crippen molar-refractivity contribution < 1.29 is 19.1 Å². The number of anilines is 1. The predicted octanol–water partition coefficient (Wildman–Crippen LogP) is 3.02. The number of rotatable bonds is 9. The van der Waals surface area contributed by atoms with Crippen molar-refractivity contribution in [2.45, 2.75) is 13.3 Å². The van der Waals surface area contributed by atoms with E-state index in [0.717, 1.165) is 16.9 Å². The van der Waals surface area contributed by atoms with Crippen molar-refractivity contribution in [1.82, 2.24) is 14.9 Å². The van der Waals surface area contributed by atoms with Gasteiger partial charge in [-0.1, -0.05) is 36.4 Å². The van der Waals surface area contributed by atoms with Gasteiger partial charge in [-0.25, -0.2) is 4.98 Å². The van der Waals surface area contributed by atoms with E-state index in [1.807, 2.05) is 41.9 Å². The van der Waals surface area contributed by atoms with E-state index in [-0.39, 0.29) is 30.5 Å². The average molecular weight is 527 g/mol. The highest BCUT2D eigenvalue weighted by molar-refractivity contribution is 6.11. The second-order valence-electron chi connectivity index (χ2n) is 8.95. The molecule has 3 aromatic carbocycles. The fraction of sp³-hybridized carbons (Fsp3) is 0.207. The van der Waals surface area contributed by atoms with Crippen LogP contribution in [0, 0.1) is 5.41 Å². The Kier molecular flexibility index (Phi) is 8.04. The summed E-state index contributed by atoms with van der Waals surface area (Å²) in [5, 5.41) is 10.1. The first-order valence-corrected chi connectivity index (χ1v) is 12.4. The van der Waals surface area contributed by atoms with Crippen molar-refractivity contribution in [2.24, 2.45) is 12.8 Å². The van der Waals surface area contributed by atoms with Crippen LogP contribution < -0.4 is 16.0 Å². The predicted molar refractivity (Wildman–Crippen MR) is 149 cm³/mol. The standard InChI is InChI=1S/C29H30N6O4/c1-4-39-26(36)17-32-28(37)21-7-5-6-8-23(21)35(3)29(38)20-13-14-24-22(16-20)33-25(34(24)2)15-18-9-11-19(12-10-18)27(30)31/h5-14,16H,4,15,17H2,1-3H3,(H3,30,31)(H,32,37). The van der Waals surface area contributed by atoms with Crippen LogP contribution in [-0.4, -0.2) is 53.4 Å². The molecule has 0 saturated carbocycles. The van der Waals surface area contributed by atoms with Gasteiger partial charge in [0, 0.05) is 31.6 Å². The fourth-order valence-corrected chi connectivity index (χ4v) is 4.25. The van der Waals surface area contributed by atoms with E-state index in [0.29, 0.717) is 28.8 Å². The van der Waals surface area contributed by atoms with Crippen LogP contribution in [0.1, 0.15) is 44.6 Å². The van der Waals surface area contributed by atoms with E-state index in [1.165, 1.54) is 4.90 Å². The maximum Gasteiger partial charge on any atom is 0.325 e. The number of aromatic nitrogens is 2. The summed E-state index contributed by atoms with van der Waals surface area (Å²) in [5.41, 5.74) is 9.86. The zero-order valence-electron chi connectivity index (χ0n) is 22.0. The van der Waals surface area contributed by atoms with E-state index >= 15 is 0 Å². The van der Waals surface area contributed by atoms with Crippen LogP contribution in [0.25, 0.3) is 11.0 Å². The van der Waals surface area contributed by atoms with Crippen LogP contribution in [0.15, 0.2) is 66.7 Å². The molecule has 0 unspecified atom stereocenters. The summed E-state index contributed by atoms with van der Waals surface area (Å²) in [6, 6.07) is 19.5. The number of aryl methyl sites for hydroxylation is 1. The molecule has 1 aromatic heterocycles. The Bertz CT molecular complexity index is 1560. The fourth-order valence-electron chi connectivity index (χ4n) is 4.25. The lowest BCUT2D eigenvalue weighted by molar-refractivity contribution is -0.141. The normalized spacial score (nSPS) is 10.7. The Balaban J connectivity index is 1.55. The van der Waals surface area contributed by atoms with Gasteiger partial charge in [0.1, 0.15) is 18.2 Å². The highest BCUT2D eigenvalue weighted by atomic mass is 16.5. The van der Waals surface area contributed by atoms with Crippen molar-refractivity contribution in [3.05, 3.63) is 94.8 Å². The molecule has 39 heavy (non-hydrogen) atoms. The van der Waals surface area contributed by atoms with Crippen molar-refractivity contribution in [1.29, 1.82) is 5.41 Å². The minimum atomic E-state index is -0.538. The van der Waals surface area contributed by atoms with Crippen molar-refractivity contribution >= 4 is 40.3 Å². The zero-order valence-corrected chi connectivity index (χ0v) is 22.0. The second-order valence-corrected chi connectivity index (χ2v) is 8.95. The molecule has 0 aliphatic heterocycles. The number of ether oxygens (including phenoxy) is 1. The number of carbonyl (C=O) groups excluding carboxylic acids is 3. The van der Waals surface area contributed by atoms with Gasteiger partial charge < -0.3 is 25.3 Å². The largest absolute Gasteiger partial charge is 0.465 e. The molecule has 200 valence electrons. The van der Waals surface area contributed by atoms with E-state index in [2.05, 4.69) is 5.32 Å². The Morgan fingerprint density at radius 1 is 1.05 bits per heavy atom. The van der Waals surface area contributed by atoms with Gasteiger partial charge in [-0.3, -0.25) is 19.8 Å². The zero-order chi connectivity index (χ0) is 28.1. The molecule has 0 aliphatic carbocycles. The Morgan fingerprint density at radius 2 is 1.74 bits per heavy atom. The molecule has 0 fully saturated rings. The van der Waals surface area contributed by atoms with E-state index < -0.39 is 11.9 Å². The SMILES string of the molecule is CCOC(=O)CNC(=O)c1ccccc1N(C)C(=O)c1ccc2c(c1)nc(Cc1ccc(C(=N)N)cc1)n2C. The number of fused-ring (bicyclic) bond motifs is 1. The summed E-state index contributed by atoms with van der Waals surface area (Å²) in [5.74, 6) is -0.494. The number of benzene rings is 3. The lowest BCUT2D eigenvalue weighted by Crippen LogP contribution is -2.33. The van der Waals surface area contributed by atoms with Crippen LogP contribution in [-0.2, 0) is 23.0 Å². The number of nitrogens with zero attached hydrogens (tertiary/aromatic N) is 3. The van der Waals surface area contributed by atoms with Gasteiger partial charge in [-0.2, -0.15) is 0 Å². The van der Waals surface area contributed by atoms with Gasteiger partial charge in [-0.15, -0.1) is 0 Å². The van der Waals surface area contributed by atoms with Gasteiger partial charge in [-0.05, 0) is 42.8 Å². The molecule has 0 radical (unpaired) electrons. The molecule has 0 spiro atoms. The van der Waals surface area contributed by atoms with E-state index in [4.69, 9.17) is 20.9 Å². The van der Waals surface area contributed by atoms with Crippen LogP contribution >= 0.6 is 0 Å². The second kappa shape index (κ2) is 11.6. The molecule has 10 heteroatoms. The Hall–Kier alpha value is -4.99. The first kappa shape index (κ1) is 27.1. The van der Waals surface area contributed by atoms with Gasteiger partial charge in [0.15, 0.2) is 0 Å².